The number of rotatable bonds is 3. The first-order valence-corrected chi connectivity index (χ1v) is 8.56. The molecule has 0 amide bonds. The first-order chi connectivity index (χ1) is 12.5. The minimum Gasteiger partial charge on any atom is -0.377 e. The maximum atomic E-state index is 4.92. The molecule has 0 spiro atoms. The van der Waals surface area contributed by atoms with Gasteiger partial charge < -0.3 is 4.90 Å². The molecule has 26 heavy (non-hydrogen) atoms. The van der Waals surface area contributed by atoms with Crippen LogP contribution >= 0.6 is 0 Å². The number of nitrogens with zero attached hydrogens (tertiary/aromatic N) is 5. The Kier molecular flexibility index (Phi) is 3.92. The summed E-state index contributed by atoms with van der Waals surface area (Å²) in [5, 5.41) is 5.40. The SMILES string of the molecule is Cc1cc2c(-c3ccccn3)cc(-c3cnn(C)c3)nc2cc1N(C)C. The van der Waals surface area contributed by atoms with Crippen molar-refractivity contribution in [3.63, 3.8) is 0 Å². The van der Waals surface area contributed by atoms with E-state index < -0.39 is 0 Å². The van der Waals surface area contributed by atoms with E-state index in [0.29, 0.717) is 0 Å². The summed E-state index contributed by atoms with van der Waals surface area (Å²) in [6, 6.07) is 12.4. The molecule has 3 heterocycles. The summed E-state index contributed by atoms with van der Waals surface area (Å²) in [6.45, 7) is 2.13. The topological polar surface area (TPSA) is 46.8 Å². The Morgan fingerprint density at radius 2 is 1.88 bits per heavy atom. The van der Waals surface area contributed by atoms with Crippen molar-refractivity contribution in [2.24, 2.45) is 7.05 Å². The zero-order valence-electron chi connectivity index (χ0n) is 15.4. The summed E-state index contributed by atoms with van der Waals surface area (Å²) in [6.07, 6.45) is 5.65. The van der Waals surface area contributed by atoms with Crippen LogP contribution in [0.1, 0.15) is 5.56 Å². The average Bonchev–Trinajstić information content (AvgIpc) is 3.07. The second kappa shape index (κ2) is 6.26. The van der Waals surface area contributed by atoms with Gasteiger partial charge in [-0.05, 0) is 42.8 Å². The van der Waals surface area contributed by atoms with Crippen molar-refractivity contribution in [2.45, 2.75) is 6.92 Å². The highest BCUT2D eigenvalue weighted by Crippen LogP contribution is 2.34. The Bertz CT molecular complexity index is 1080. The van der Waals surface area contributed by atoms with E-state index in [1.54, 1.807) is 4.68 Å². The van der Waals surface area contributed by atoms with Crippen LogP contribution in [-0.2, 0) is 7.05 Å². The summed E-state index contributed by atoms with van der Waals surface area (Å²) >= 11 is 0. The lowest BCUT2D eigenvalue weighted by molar-refractivity contribution is 0.768. The lowest BCUT2D eigenvalue weighted by Gasteiger charge is -2.18. The Labute approximate surface area is 152 Å². The average molecular weight is 343 g/mol. The van der Waals surface area contributed by atoms with Crippen molar-refractivity contribution < 1.29 is 0 Å². The van der Waals surface area contributed by atoms with Gasteiger partial charge in [-0.3, -0.25) is 9.67 Å². The molecule has 0 bridgehead atoms. The zero-order valence-corrected chi connectivity index (χ0v) is 15.4. The van der Waals surface area contributed by atoms with Crippen molar-refractivity contribution in [2.75, 3.05) is 19.0 Å². The quantitative estimate of drug-likeness (QED) is 0.562. The molecule has 1 aromatic carbocycles. The zero-order chi connectivity index (χ0) is 18.3. The minimum atomic E-state index is 0.903. The van der Waals surface area contributed by atoms with E-state index in [-0.39, 0.29) is 0 Å². The van der Waals surface area contributed by atoms with Gasteiger partial charge in [-0.2, -0.15) is 5.10 Å². The molecule has 0 radical (unpaired) electrons. The van der Waals surface area contributed by atoms with Gasteiger partial charge in [0.15, 0.2) is 0 Å². The van der Waals surface area contributed by atoms with Gasteiger partial charge in [0.2, 0.25) is 0 Å². The second-order valence-corrected chi connectivity index (χ2v) is 6.72. The van der Waals surface area contributed by atoms with Crippen molar-refractivity contribution in [1.82, 2.24) is 19.7 Å². The van der Waals surface area contributed by atoms with Crippen LogP contribution in [-0.4, -0.2) is 33.8 Å². The third-order valence-electron chi connectivity index (χ3n) is 4.55. The summed E-state index contributed by atoms with van der Waals surface area (Å²) < 4.78 is 1.79. The molecular weight excluding hydrogens is 322 g/mol. The van der Waals surface area contributed by atoms with E-state index in [9.17, 15) is 0 Å². The molecular formula is C21H21N5. The summed E-state index contributed by atoms with van der Waals surface area (Å²) in [7, 11) is 6.02. The highest BCUT2D eigenvalue weighted by Gasteiger charge is 2.14. The molecule has 3 aromatic heterocycles. The molecule has 0 saturated heterocycles. The lowest BCUT2D eigenvalue weighted by Crippen LogP contribution is -2.10. The Balaban J connectivity index is 2.04. The number of anilines is 1. The fourth-order valence-electron chi connectivity index (χ4n) is 3.29. The van der Waals surface area contributed by atoms with Gasteiger partial charge in [0, 0.05) is 55.7 Å². The predicted molar refractivity (Wildman–Crippen MR) is 106 cm³/mol. The van der Waals surface area contributed by atoms with E-state index in [1.165, 1.54) is 11.3 Å². The van der Waals surface area contributed by atoms with Crippen LogP contribution in [0.25, 0.3) is 33.4 Å². The van der Waals surface area contributed by atoms with Crippen LogP contribution in [0.3, 0.4) is 0 Å². The first-order valence-electron chi connectivity index (χ1n) is 8.56. The molecule has 0 atom stereocenters. The highest BCUT2D eigenvalue weighted by molar-refractivity contribution is 5.98. The maximum absolute atomic E-state index is 4.92. The summed E-state index contributed by atoms with van der Waals surface area (Å²) in [5.74, 6) is 0. The fourth-order valence-corrected chi connectivity index (χ4v) is 3.29. The van der Waals surface area contributed by atoms with Gasteiger partial charge in [0.05, 0.1) is 23.1 Å². The van der Waals surface area contributed by atoms with Crippen molar-refractivity contribution in [3.8, 4) is 22.5 Å². The van der Waals surface area contributed by atoms with E-state index in [4.69, 9.17) is 4.98 Å². The molecule has 4 rings (SSSR count). The van der Waals surface area contributed by atoms with Crippen molar-refractivity contribution >= 4 is 16.6 Å². The van der Waals surface area contributed by atoms with Crippen LogP contribution in [0.5, 0.6) is 0 Å². The predicted octanol–water partition coefficient (Wildman–Crippen LogP) is 4.07. The van der Waals surface area contributed by atoms with Gasteiger partial charge in [-0.15, -0.1) is 0 Å². The fraction of sp³-hybridized carbons (Fsp3) is 0.190. The smallest absolute Gasteiger partial charge is 0.0748 e. The van der Waals surface area contributed by atoms with Crippen LogP contribution in [0.15, 0.2) is 55.0 Å². The Morgan fingerprint density at radius 1 is 1.04 bits per heavy atom. The normalized spacial score (nSPS) is 11.1. The van der Waals surface area contributed by atoms with Crippen LogP contribution in [0, 0.1) is 6.92 Å². The third-order valence-corrected chi connectivity index (χ3v) is 4.55. The number of aryl methyl sites for hydroxylation is 2. The molecule has 0 N–H and O–H groups in total. The number of pyridine rings is 2. The van der Waals surface area contributed by atoms with Crippen LogP contribution < -0.4 is 4.90 Å². The van der Waals surface area contributed by atoms with E-state index >= 15 is 0 Å². The first kappa shape index (κ1) is 16.3. The molecule has 130 valence electrons. The van der Waals surface area contributed by atoms with E-state index in [2.05, 4.69) is 54.2 Å². The maximum Gasteiger partial charge on any atom is 0.0748 e. The van der Waals surface area contributed by atoms with Gasteiger partial charge in [0.25, 0.3) is 0 Å². The number of hydrogen-bond acceptors (Lipinski definition) is 4. The van der Waals surface area contributed by atoms with Gasteiger partial charge >= 0.3 is 0 Å². The number of fused-ring (bicyclic) bond motifs is 1. The summed E-state index contributed by atoms with van der Waals surface area (Å²) in [4.78, 5) is 11.6. The Morgan fingerprint density at radius 3 is 2.54 bits per heavy atom. The summed E-state index contributed by atoms with van der Waals surface area (Å²) in [5.41, 5.74) is 7.28. The lowest BCUT2D eigenvalue weighted by atomic mass is 10.00. The highest BCUT2D eigenvalue weighted by atomic mass is 15.2. The molecule has 0 saturated carbocycles. The number of hydrogen-bond donors (Lipinski definition) is 0. The standard InChI is InChI=1S/C21H21N5/c1-14-9-16-17(18-7-5-6-8-22-18)10-19(15-12-23-26(4)13-15)24-20(16)11-21(14)25(2)3/h5-13H,1-4H3. The Hall–Kier alpha value is -3.21. The van der Waals surface area contributed by atoms with Gasteiger partial charge in [-0.25, -0.2) is 4.98 Å². The number of aromatic nitrogens is 4. The van der Waals surface area contributed by atoms with Crippen LogP contribution in [0.4, 0.5) is 5.69 Å². The molecule has 0 unspecified atom stereocenters. The number of benzene rings is 1. The largest absolute Gasteiger partial charge is 0.377 e. The molecule has 0 aliphatic heterocycles. The van der Waals surface area contributed by atoms with Crippen molar-refractivity contribution in [1.29, 1.82) is 0 Å². The van der Waals surface area contributed by atoms with E-state index in [0.717, 1.165) is 33.4 Å². The molecule has 4 aromatic rings. The molecule has 0 aliphatic rings. The molecule has 0 fully saturated rings. The van der Waals surface area contributed by atoms with Crippen molar-refractivity contribution in [3.05, 3.63) is 60.6 Å². The molecule has 0 aliphatic carbocycles. The van der Waals surface area contributed by atoms with Crippen LogP contribution in [0.2, 0.25) is 0 Å². The van der Waals surface area contributed by atoms with Gasteiger partial charge in [0.1, 0.15) is 0 Å². The molecule has 5 heteroatoms. The third kappa shape index (κ3) is 2.81. The second-order valence-electron chi connectivity index (χ2n) is 6.72. The minimum absolute atomic E-state index is 0.903. The van der Waals surface area contributed by atoms with Gasteiger partial charge in [-0.1, -0.05) is 6.07 Å². The monoisotopic (exact) mass is 343 g/mol. The molecule has 5 nitrogen and oxygen atoms in total. The van der Waals surface area contributed by atoms with E-state index in [1.807, 2.05) is 43.8 Å².